The number of piperidine rings is 1. The van der Waals surface area contributed by atoms with Gasteiger partial charge in [0.2, 0.25) is 11.7 Å². The standard InChI is InChI=1S/C49H76N2O11/c1-10-22-60-40-28-34(16-19-37(40)50-46(54)36-17-18-36)26-32(6)43-31(5)15-20-39(52)35(11-2)24-29(3)23-30(4)25-41(58-8)44-42(59-9)27-33(7)49(57,62-44)45(53)47(55)51-21-13-12-14-38(51)48(56)61-43/h10,24,26,30-31,33-38,40-44,57H,1,11-23,25,27-28H2,2-9H3,(H,50,54)/b29-24+,32-26?. The molecule has 13 atom stereocenters. The first-order valence-electron chi connectivity index (χ1n) is 23.5. The summed E-state index contributed by atoms with van der Waals surface area (Å²) in [5.74, 6) is -6.11. The van der Waals surface area contributed by atoms with Gasteiger partial charge in [0.25, 0.3) is 11.7 Å². The van der Waals surface area contributed by atoms with E-state index in [0.29, 0.717) is 58.0 Å². The van der Waals surface area contributed by atoms with Gasteiger partial charge in [0.1, 0.15) is 24.0 Å². The number of rotatable bonds is 10. The van der Waals surface area contributed by atoms with Crippen LogP contribution in [0.1, 0.15) is 131 Å². The number of aliphatic hydroxyl groups is 1. The number of fused-ring (bicyclic) bond motifs is 3. The van der Waals surface area contributed by atoms with Gasteiger partial charge >= 0.3 is 5.97 Å². The normalized spacial score (nSPS) is 38.5. The minimum absolute atomic E-state index is 0.0689. The third kappa shape index (κ3) is 12.3. The Kier molecular flexibility index (Phi) is 18.1. The van der Waals surface area contributed by atoms with Gasteiger partial charge in [-0.3, -0.25) is 19.2 Å². The minimum Gasteiger partial charge on any atom is -0.456 e. The third-order valence-electron chi connectivity index (χ3n) is 14.2. The number of allylic oxidation sites excluding steroid dienone is 3. The van der Waals surface area contributed by atoms with Gasteiger partial charge in [-0.25, -0.2) is 4.79 Å². The highest BCUT2D eigenvalue weighted by atomic mass is 16.7. The summed E-state index contributed by atoms with van der Waals surface area (Å²) >= 11 is 0. The third-order valence-corrected chi connectivity index (χ3v) is 14.2. The number of amides is 2. The van der Waals surface area contributed by atoms with Crippen LogP contribution in [0.4, 0.5) is 0 Å². The van der Waals surface area contributed by atoms with E-state index < -0.39 is 59.8 Å². The van der Waals surface area contributed by atoms with Crippen LogP contribution in [0.3, 0.4) is 0 Å². The maximum atomic E-state index is 14.5. The number of Topliss-reactive ketones (excluding diaryl/α,β-unsaturated/α-hetero) is 2. The molecule has 5 rings (SSSR count). The summed E-state index contributed by atoms with van der Waals surface area (Å²) in [5.41, 5.74) is 1.90. The molecule has 2 bridgehead atoms. The van der Waals surface area contributed by atoms with Crippen LogP contribution >= 0.6 is 0 Å². The number of nitrogens with one attached hydrogen (secondary N) is 1. The maximum Gasteiger partial charge on any atom is 0.329 e. The van der Waals surface area contributed by atoms with E-state index in [1.165, 1.54) is 4.90 Å². The van der Waals surface area contributed by atoms with Crippen molar-refractivity contribution in [3.63, 3.8) is 0 Å². The number of nitrogens with zero attached hydrogens (tertiary/aromatic N) is 1. The molecule has 348 valence electrons. The molecule has 62 heavy (non-hydrogen) atoms. The fraction of sp³-hybridized carbons (Fsp3) is 0.776. The first kappa shape index (κ1) is 49.8. The number of esters is 1. The molecule has 3 heterocycles. The van der Waals surface area contributed by atoms with Crippen LogP contribution in [0, 0.1) is 35.5 Å². The summed E-state index contributed by atoms with van der Waals surface area (Å²) in [4.78, 5) is 71.0. The Balaban J connectivity index is 1.47. The van der Waals surface area contributed by atoms with E-state index >= 15 is 0 Å². The first-order chi connectivity index (χ1) is 29.5. The lowest BCUT2D eigenvalue weighted by Crippen LogP contribution is -2.64. The summed E-state index contributed by atoms with van der Waals surface area (Å²) in [6.07, 6.45) is 11.4. The average Bonchev–Trinajstić information content (AvgIpc) is 4.11. The molecule has 2 N–H and O–H groups in total. The highest BCUT2D eigenvalue weighted by Gasteiger charge is 2.56. The summed E-state index contributed by atoms with van der Waals surface area (Å²) in [6.45, 7) is 16.1. The summed E-state index contributed by atoms with van der Waals surface area (Å²) < 4.78 is 30.7. The first-order valence-corrected chi connectivity index (χ1v) is 23.5. The van der Waals surface area contributed by atoms with Crippen molar-refractivity contribution in [2.24, 2.45) is 35.5 Å². The molecule has 0 aromatic carbocycles. The number of hydrogen-bond donors (Lipinski definition) is 2. The maximum absolute atomic E-state index is 14.5. The molecule has 2 amide bonds. The predicted molar refractivity (Wildman–Crippen MR) is 234 cm³/mol. The number of ether oxygens (including phenoxy) is 5. The molecule has 0 aromatic heterocycles. The second-order valence-corrected chi connectivity index (χ2v) is 19.2. The molecule has 4 fully saturated rings. The number of cyclic esters (lactones) is 1. The van der Waals surface area contributed by atoms with Gasteiger partial charge in [-0.15, -0.1) is 6.58 Å². The van der Waals surface area contributed by atoms with Crippen molar-refractivity contribution in [2.75, 3.05) is 27.4 Å². The molecule has 5 aliphatic rings. The molecule has 13 nitrogen and oxygen atoms in total. The lowest BCUT2D eigenvalue weighted by Gasteiger charge is -2.47. The molecule has 2 saturated carbocycles. The van der Waals surface area contributed by atoms with Crippen molar-refractivity contribution in [2.45, 2.75) is 180 Å². The largest absolute Gasteiger partial charge is 0.456 e. The molecule has 0 radical (unpaired) electrons. The fourth-order valence-corrected chi connectivity index (χ4v) is 10.3. The summed E-state index contributed by atoms with van der Waals surface area (Å²) in [7, 11) is 3.11. The SMILES string of the molecule is C=CCOC1CC(C=C(C)C2OC(=O)C3CCCCN3C(=O)C(=O)C3(O)OC(C(OC)CC(C)C/C(C)=C/C(CC)C(=O)CCC2C)C(OC)CC3C)CCC1NC(=O)C1CC1. The fourth-order valence-electron chi connectivity index (χ4n) is 10.3. The lowest BCUT2D eigenvalue weighted by atomic mass is 9.81. The van der Waals surface area contributed by atoms with Crippen LogP contribution in [0.25, 0.3) is 0 Å². The van der Waals surface area contributed by atoms with E-state index in [-0.39, 0.29) is 72.8 Å². The van der Waals surface area contributed by atoms with Crippen LogP contribution < -0.4 is 5.32 Å². The molecular weight excluding hydrogens is 793 g/mol. The summed E-state index contributed by atoms with van der Waals surface area (Å²) in [5, 5.41) is 15.3. The van der Waals surface area contributed by atoms with Gasteiger partial charge in [0.05, 0.1) is 31.0 Å². The second kappa shape index (κ2) is 22.6. The van der Waals surface area contributed by atoms with Crippen molar-refractivity contribution >= 4 is 29.4 Å². The number of hydrogen-bond acceptors (Lipinski definition) is 11. The Bertz CT molecular complexity index is 1660. The molecule has 13 unspecified atom stereocenters. The van der Waals surface area contributed by atoms with Crippen molar-refractivity contribution in [1.82, 2.24) is 10.2 Å². The van der Waals surface area contributed by atoms with Crippen molar-refractivity contribution in [1.29, 1.82) is 0 Å². The van der Waals surface area contributed by atoms with E-state index in [0.717, 1.165) is 36.8 Å². The topological polar surface area (TPSA) is 167 Å². The van der Waals surface area contributed by atoms with E-state index in [2.05, 4.69) is 31.0 Å². The molecule has 0 aromatic rings. The highest BCUT2D eigenvalue weighted by molar-refractivity contribution is 6.39. The Morgan fingerprint density at radius 3 is 2.35 bits per heavy atom. The van der Waals surface area contributed by atoms with Crippen LogP contribution in [0.5, 0.6) is 0 Å². The number of ketones is 2. The Labute approximate surface area is 370 Å². The second-order valence-electron chi connectivity index (χ2n) is 19.2. The number of carbonyl (C=O) groups excluding carboxylic acids is 5. The average molecular weight is 869 g/mol. The quantitative estimate of drug-likeness (QED) is 0.138. The van der Waals surface area contributed by atoms with E-state index in [9.17, 15) is 29.1 Å². The molecule has 2 aliphatic carbocycles. The zero-order valence-corrected chi connectivity index (χ0v) is 38.7. The van der Waals surface area contributed by atoms with E-state index in [1.54, 1.807) is 27.2 Å². The molecule has 3 aliphatic heterocycles. The Morgan fingerprint density at radius 2 is 1.69 bits per heavy atom. The van der Waals surface area contributed by atoms with Crippen LogP contribution in [-0.2, 0) is 47.7 Å². The highest BCUT2D eigenvalue weighted by Crippen LogP contribution is 2.39. The zero-order valence-electron chi connectivity index (χ0n) is 38.7. The van der Waals surface area contributed by atoms with Gasteiger partial charge < -0.3 is 39.0 Å². The van der Waals surface area contributed by atoms with Gasteiger partial charge in [-0.05, 0) is 121 Å². The van der Waals surface area contributed by atoms with Gasteiger partial charge in [-0.1, -0.05) is 51.5 Å². The Morgan fingerprint density at radius 1 is 0.984 bits per heavy atom. The van der Waals surface area contributed by atoms with Crippen molar-refractivity contribution in [3.05, 3.63) is 36.0 Å². The molecule has 13 heteroatoms. The number of methoxy groups -OCH3 is 2. The molecule has 2 saturated heterocycles. The van der Waals surface area contributed by atoms with E-state index in [4.69, 9.17) is 23.7 Å². The number of carbonyl (C=O) groups is 5. The summed E-state index contributed by atoms with van der Waals surface area (Å²) in [6, 6.07) is -1.17. The minimum atomic E-state index is -2.48. The Hall–Kier alpha value is -3.23. The van der Waals surface area contributed by atoms with Gasteiger partial charge in [0, 0.05) is 44.9 Å². The van der Waals surface area contributed by atoms with Crippen molar-refractivity contribution < 1.29 is 52.8 Å². The molecule has 0 spiro atoms. The zero-order chi connectivity index (χ0) is 45.3. The predicted octanol–water partition coefficient (Wildman–Crippen LogP) is 6.59. The van der Waals surface area contributed by atoms with Crippen LogP contribution in [0.15, 0.2) is 36.0 Å². The van der Waals surface area contributed by atoms with Crippen molar-refractivity contribution in [3.8, 4) is 0 Å². The van der Waals surface area contributed by atoms with Gasteiger partial charge in [-0.2, -0.15) is 0 Å². The molecular formula is C49H76N2O11. The lowest BCUT2D eigenvalue weighted by molar-refractivity contribution is -0.302. The van der Waals surface area contributed by atoms with Crippen LogP contribution in [-0.4, -0.2) is 115 Å². The van der Waals surface area contributed by atoms with E-state index in [1.807, 2.05) is 27.7 Å². The smallest absolute Gasteiger partial charge is 0.329 e. The van der Waals surface area contributed by atoms with Crippen LogP contribution in [0.2, 0.25) is 0 Å². The van der Waals surface area contributed by atoms with Gasteiger partial charge in [0.15, 0.2) is 0 Å². The monoisotopic (exact) mass is 869 g/mol.